The van der Waals surface area contributed by atoms with Crippen molar-refractivity contribution in [3.8, 4) is 22.5 Å². The Kier molecular flexibility index (Phi) is 5.89. The number of hydrogen-bond donors (Lipinski definition) is 2. The fourth-order valence-corrected chi connectivity index (χ4v) is 3.81. The van der Waals surface area contributed by atoms with Gasteiger partial charge < -0.3 is 5.73 Å². The van der Waals surface area contributed by atoms with Crippen LogP contribution in [0.2, 0.25) is 0 Å². The van der Waals surface area contributed by atoms with Gasteiger partial charge >= 0.3 is 0 Å². The number of anilines is 1. The standard InChI is InChI=1S/C22H29N5/c1-14(2)11-17(12-15(3)4)19-10-9-16(13-21(19)23)18-7-5-6-8-20(18)22-24-26-27-25-22/h5-10,13-15,17H,11-12,23H2,1-4H3,(H,24,25,26,27). The SMILES string of the molecule is CC(C)CC(CC(C)C)c1ccc(-c2ccccc2-c2nn[nH]n2)cc1N. The van der Waals surface area contributed by atoms with Gasteiger partial charge in [-0.2, -0.15) is 5.21 Å². The van der Waals surface area contributed by atoms with Crippen molar-refractivity contribution in [2.75, 3.05) is 5.73 Å². The minimum atomic E-state index is 0.492. The Bertz CT molecular complexity index is 858. The third-order valence-electron chi connectivity index (χ3n) is 4.86. The Hall–Kier alpha value is -2.69. The molecule has 3 rings (SSSR count). The van der Waals surface area contributed by atoms with Crippen molar-refractivity contribution in [2.24, 2.45) is 11.8 Å². The molecule has 5 nitrogen and oxygen atoms in total. The van der Waals surface area contributed by atoms with E-state index in [4.69, 9.17) is 5.73 Å². The quantitative estimate of drug-likeness (QED) is 0.559. The first kappa shape index (κ1) is 19.1. The molecule has 0 atom stereocenters. The summed E-state index contributed by atoms with van der Waals surface area (Å²) in [5, 5.41) is 14.5. The maximum Gasteiger partial charge on any atom is 0.205 e. The van der Waals surface area contributed by atoms with Gasteiger partial charge in [-0.05, 0) is 58.6 Å². The first-order valence-corrected chi connectivity index (χ1v) is 9.68. The lowest BCUT2D eigenvalue weighted by Gasteiger charge is -2.23. The van der Waals surface area contributed by atoms with Crippen LogP contribution in [-0.4, -0.2) is 20.6 Å². The van der Waals surface area contributed by atoms with E-state index in [-0.39, 0.29) is 0 Å². The molecule has 0 saturated heterocycles. The Morgan fingerprint density at radius 2 is 1.59 bits per heavy atom. The van der Waals surface area contributed by atoms with Crippen molar-refractivity contribution in [3.05, 3.63) is 48.0 Å². The van der Waals surface area contributed by atoms with Crippen molar-refractivity contribution in [1.29, 1.82) is 0 Å². The molecular weight excluding hydrogens is 334 g/mol. The molecule has 5 heteroatoms. The number of hydrogen-bond acceptors (Lipinski definition) is 4. The molecule has 0 aliphatic heterocycles. The third-order valence-corrected chi connectivity index (χ3v) is 4.86. The molecule has 0 unspecified atom stereocenters. The Morgan fingerprint density at radius 1 is 0.926 bits per heavy atom. The lowest BCUT2D eigenvalue weighted by molar-refractivity contribution is 0.424. The number of aromatic nitrogens is 4. The molecule has 0 saturated carbocycles. The number of benzene rings is 2. The number of H-pyrrole nitrogens is 1. The third kappa shape index (κ3) is 4.54. The van der Waals surface area contributed by atoms with Gasteiger partial charge in [0.2, 0.25) is 5.82 Å². The lowest BCUT2D eigenvalue weighted by atomic mass is 9.82. The van der Waals surface area contributed by atoms with Crippen molar-refractivity contribution in [2.45, 2.75) is 46.5 Å². The monoisotopic (exact) mass is 363 g/mol. The molecule has 0 amide bonds. The zero-order chi connectivity index (χ0) is 19.4. The molecule has 0 aliphatic rings. The fraction of sp³-hybridized carbons (Fsp3) is 0.409. The molecule has 0 fully saturated rings. The number of nitrogens with two attached hydrogens (primary N) is 1. The lowest BCUT2D eigenvalue weighted by Crippen LogP contribution is -2.09. The highest BCUT2D eigenvalue weighted by Gasteiger charge is 2.19. The van der Waals surface area contributed by atoms with Gasteiger partial charge in [0.25, 0.3) is 0 Å². The van der Waals surface area contributed by atoms with Crippen LogP contribution >= 0.6 is 0 Å². The predicted molar refractivity (Wildman–Crippen MR) is 111 cm³/mol. The number of aromatic amines is 1. The van der Waals surface area contributed by atoms with Gasteiger partial charge in [0.15, 0.2) is 0 Å². The second-order valence-electron chi connectivity index (χ2n) is 8.08. The molecule has 2 aromatic carbocycles. The summed E-state index contributed by atoms with van der Waals surface area (Å²) < 4.78 is 0. The van der Waals surface area contributed by atoms with Crippen molar-refractivity contribution in [3.63, 3.8) is 0 Å². The number of rotatable bonds is 7. The van der Waals surface area contributed by atoms with Gasteiger partial charge in [0, 0.05) is 11.3 Å². The minimum Gasteiger partial charge on any atom is -0.398 e. The van der Waals surface area contributed by atoms with E-state index in [1.165, 1.54) is 5.56 Å². The van der Waals surface area contributed by atoms with Crippen LogP contribution in [0.25, 0.3) is 22.5 Å². The fourth-order valence-electron chi connectivity index (χ4n) is 3.81. The number of tetrazole rings is 1. The molecule has 142 valence electrons. The summed E-state index contributed by atoms with van der Waals surface area (Å²) in [5.74, 6) is 2.37. The van der Waals surface area contributed by atoms with Gasteiger partial charge in [0.05, 0.1) is 0 Å². The molecule has 27 heavy (non-hydrogen) atoms. The molecule has 0 bridgehead atoms. The first-order chi connectivity index (χ1) is 13.0. The van der Waals surface area contributed by atoms with Gasteiger partial charge in [-0.15, -0.1) is 10.2 Å². The Labute approximate surface area is 161 Å². The molecule has 0 radical (unpaired) electrons. The van der Waals surface area contributed by atoms with E-state index in [0.29, 0.717) is 23.6 Å². The highest BCUT2D eigenvalue weighted by molar-refractivity contribution is 5.82. The van der Waals surface area contributed by atoms with E-state index in [1.54, 1.807) is 0 Å². The van der Waals surface area contributed by atoms with Gasteiger partial charge in [-0.3, -0.25) is 0 Å². The van der Waals surface area contributed by atoms with Crippen molar-refractivity contribution < 1.29 is 0 Å². The molecule has 1 aromatic heterocycles. The summed E-state index contributed by atoms with van der Waals surface area (Å²) in [7, 11) is 0. The van der Waals surface area contributed by atoms with Crippen molar-refractivity contribution >= 4 is 5.69 Å². The van der Waals surface area contributed by atoms with Crippen LogP contribution in [0.5, 0.6) is 0 Å². The van der Waals surface area contributed by atoms with Crippen LogP contribution in [0.15, 0.2) is 42.5 Å². The highest BCUT2D eigenvalue weighted by atomic mass is 15.5. The summed E-state index contributed by atoms with van der Waals surface area (Å²) in [6.45, 7) is 9.11. The van der Waals surface area contributed by atoms with Crippen LogP contribution in [-0.2, 0) is 0 Å². The van der Waals surface area contributed by atoms with E-state index in [1.807, 2.05) is 18.2 Å². The Balaban J connectivity index is 1.98. The summed E-state index contributed by atoms with van der Waals surface area (Å²) in [6, 6.07) is 14.5. The van der Waals surface area contributed by atoms with Crippen LogP contribution in [0, 0.1) is 11.8 Å². The first-order valence-electron chi connectivity index (χ1n) is 9.68. The van der Waals surface area contributed by atoms with E-state index in [0.717, 1.165) is 35.2 Å². The van der Waals surface area contributed by atoms with E-state index in [9.17, 15) is 0 Å². The van der Waals surface area contributed by atoms with Crippen LogP contribution < -0.4 is 5.73 Å². The van der Waals surface area contributed by atoms with Gasteiger partial charge in [-0.25, -0.2) is 0 Å². The van der Waals surface area contributed by atoms with E-state index in [2.05, 4.69) is 72.6 Å². The molecule has 0 spiro atoms. The largest absolute Gasteiger partial charge is 0.398 e. The predicted octanol–water partition coefficient (Wildman–Crippen LogP) is 5.29. The maximum atomic E-state index is 6.53. The van der Waals surface area contributed by atoms with E-state index >= 15 is 0 Å². The Morgan fingerprint density at radius 3 is 2.15 bits per heavy atom. The van der Waals surface area contributed by atoms with E-state index < -0.39 is 0 Å². The topological polar surface area (TPSA) is 80.5 Å². The summed E-state index contributed by atoms with van der Waals surface area (Å²) in [5.41, 5.74) is 11.7. The van der Waals surface area contributed by atoms with Crippen molar-refractivity contribution in [1.82, 2.24) is 20.6 Å². The second kappa shape index (κ2) is 8.33. The van der Waals surface area contributed by atoms with Gasteiger partial charge in [-0.1, -0.05) is 64.1 Å². The molecule has 3 N–H and O–H groups in total. The maximum absolute atomic E-state index is 6.53. The average Bonchev–Trinajstić information content (AvgIpc) is 3.15. The average molecular weight is 364 g/mol. The summed E-state index contributed by atoms with van der Waals surface area (Å²) >= 11 is 0. The molecule has 0 aliphatic carbocycles. The number of nitrogens with zero attached hydrogens (tertiary/aromatic N) is 3. The molecule has 3 aromatic rings. The zero-order valence-corrected chi connectivity index (χ0v) is 16.6. The van der Waals surface area contributed by atoms with Crippen LogP contribution in [0.3, 0.4) is 0 Å². The normalized spacial score (nSPS) is 11.7. The molecule has 1 heterocycles. The van der Waals surface area contributed by atoms with Crippen LogP contribution in [0.1, 0.15) is 52.0 Å². The minimum absolute atomic E-state index is 0.492. The summed E-state index contributed by atoms with van der Waals surface area (Å²) in [4.78, 5) is 0. The smallest absolute Gasteiger partial charge is 0.205 e. The summed E-state index contributed by atoms with van der Waals surface area (Å²) in [6.07, 6.45) is 2.31. The van der Waals surface area contributed by atoms with Crippen LogP contribution in [0.4, 0.5) is 5.69 Å². The number of nitrogen functional groups attached to an aromatic ring is 1. The molecular formula is C22H29N5. The second-order valence-corrected chi connectivity index (χ2v) is 8.08. The number of nitrogens with one attached hydrogen (secondary N) is 1. The zero-order valence-electron chi connectivity index (χ0n) is 16.6. The van der Waals surface area contributed by atoms with Gasteiger partial charge in [0.1, 0.15) is 0 Å². The highest BCUT2D eigenvalue weighted by Crippen LogP contribution is 2.37.